The normalized spacial score (nSPS) is 11.0. The van der Waals surface area contributed by atoms with Crippen LogP contribution < -0.4 is 9.83 Å². The highest BCUT2D eigenvalue weighted by Crippen LogP contribution is 2.23. The minimum atomic E-state index is -4.16. The van der Waals surface area contributed by atoms with Crippen LogP contribution in [0.15, 0.2) is 47.4 Å². The van der Waals surface area contributed by atoms with Crippen LogP contribution in [0.5, 0.6) is 5.75 Å². The van der Waals surface area contributed by atoms with Gasteiger partial charge in [-0.1, -0.05) is 11.8 Å². The molecule has 0 fully saturated rings. The molecule has 10 heteroatoms. The summed E-state index contributed by atoms with van der Waals surface area (Å²) in [6.45, 7) is 0. The molecule has 0 unspecified atom stereocenters. The van der Waals surface area contributed by atoms with Gasteiger partial charge in [0.15, 0.2) is 0 Å². The van der Waals surface area contributed by atoms with Crippen molar-refractivity contribution in [2.75, 3.05) is 4.72 Å². The molecule has 0 saturated carbocycles. The quantitative estimate of drug-likeness (QED) is 0.614. The van der Waals surface area contributed by atoms with Crippen molar-refractivity contribution in [1.29, 1.82) is 0 Å². The Kier molecular flexibility index (Phi) is 4.18. The number of sulfonamides is 1. The Balaban J connectivity index is 2.35. The maximum atomic E-state index is 12.2. The number of carbonyl (C=O) groups is 1. The van der Waals surface area contributed by atoms with E-state index < -0.39 is 37.9 Å². The number of carboxylic acids is 1. The van der Waals surface area contributed by atoms with Gasteiger partial charge in [-0.05, 0) is 24.3 Å². The number of nitrogens with one attached hydrogen (secondary N) is 1. The monoisotopic (exact) mass is 337 g/mol. The van der Waals surface area contributed by atoms with Gasteiger partial charge in [-0.2, -0.15) is 0 Å². The number of hydrogen-bond donors (Lipinski definition) is 2. The topological polar surface area (TPSA) is 150 Å². The van der Waals surface area contributed by atoms with Crippen molar-refractivity contribution in [2.24, 2.45) is 0 Å². The molecule has 0 aliphatic carbocycles. The molecular formula is C13H9N2O7S-. The van der Waals surface area contributed by atoms with E-state index in [1.807, 2.05) is 0 Å². The molecule has 0 aromatic heterocycles. The van der Waals surface area contributed by atoms with E-state index in [2.05, 4.69) is 4.72 Å². The van der Waals surface area contributed by atoms with E-state index in [0.717, 1.165) is 36.4 Å². The summed E-state index contributed by atoms with van der Waals surface area (Å²) in [6, 6.07) is 7.26. The summed E-state index contributed by atoms with van der Waals surface area (Å²) < 4.78 is 26.4. The second-order valence-electron chi connectivity index (χ2n) is 4.38. The molecule has 2 aromatic rings. The van der Waals surface area contributed by atoms with Gasteiger partial charge >= 0.3 is 5.97 Å². The second-order valence-corrected chi connectivity index (χ2v) is 6.06. The van der Waals surface area contributed by atoms with Gasteiger partial charge in [0.25, 0.3) is 15.7 Å². The van der Waals surface area contributed by atoms with E-state index in [0.29, 0.717) is 0 Å². The lowest BCUT2D eigenvalue weighted by Gasteiger charge is -2.13. The number of aromatic carboxylic acids is 1. The Hall–Kier alpha value is -3.14. The van der Waals surface area contributed by atoms with Crippen LogP contribution in [0.25, 0.3) is 0 Å². The maximum Gasteiger partial charge on any atom is 0.335 e. The Bertz CT molecular complexity index is 893. The highest BCUT2D eigenvalue weighted by molar-refractivity contribution is 7.92. The van der Waals surface area contributed by atoms with Crippen molar-refractivity contribution in [3.05, 3.63) is 58.1 Å². The minimum absolute atomic E-state index is 0.147. The summed E-state index contributed by atoms with van der Waals surface area (Å²) in [7, 11) is -4.16. The Morgan fingerprint density at radius 3 is 2.43 bits per heavy atom. The maximum absolute atomic E-state index is 12.2. The Morgan fingerprint density at radius 2 is 1.87 bits per heavy atom. The van der Waals surface area contributed by atoms with E-state index in [9.17, 15) is 28.4 Å². The first-order chi connectivity index (χ1) is 10.7. The molecule has 0 aliphatic heterocycles. The van der Waals surface area contributed by atoms with Crippen LogP contribution in [-0.4, -0.2) is 24.4 Å². The standard InChI is InChI=1S/C13H10N2O7S/c16-12-6-8(4-5-11(12)13(17)18)14-23(21,22)10-3-1-2-9(7-10)15(19)20/h1-7,14,16H,(H,17,18)/p-1. The molecule has 9 nitrogen and oxygen atoms in total. The lowest BCUT2D eigenvalue weighted by molar-refractivity contribution is -0.385. The van der Waals surface area contributed by atoms with Crippen LogP contribution in [0, 0.1) is 10.1 Å². The third-order valence-corrected chi connectivity index (χ3v) is 4.18. The van der Waals surface area contributed by atoms with Gasteiger partial charge in [-0.15, -0.1) is 0 Å². The third kappa shape index (κ3) is 3.55. The van der Waals surface area contributed by atoms with Gasteiger partial charge in [-0.3, -0.25) is 14.8 Å². The van der Waals surface area contributed by atoms with Gasteiger partial charge < -0.3 is 10.2 Å². The molecule has 0 amide bonds. The predicted octanol–water partition coefficient (Wildman–Crippen LogP) is 1.17. The molecule has 0 spiro atoms. The molecule has 23 heavy (non-hydrogen) atoms. The average molecular weight is 337 g/mol. The fraction of sp³-hybridized carbons (Fsp3) is 0. The van der Waals surface area contributed by atoms with Gasteiger partial charge in [-0.25, -0.2) is 13.2 Å². The van der Waals surface area contributed by atoms with Gasteiger partial charge in [0.2, 0.25) is 0 Å². The van der Waals surface area contributed by atoms with Crippen LogP contribution in [-0.2, 0) is 10.0 Å². The molecule has 0 bridgehead atoms. The largest absolute Gasteiger partial charge is 0.872 e. The highest BCUT2D eigenvalue weighted by atomic mass is 32.2. The summed E-state index contributed by atoms with van der Waals surface area (Å²) in [5, 5.41) is 31.0. The number of nitro benzene ring substituents is 1. The lowest BCUT2D eigenvalue weighted by atomic mass is 10.2. The van der Waals surface area contributed by atoms with E-state index in [-0.39, 0.29) is 10.6 Å². The van der Waals surface area contributed by atoms with Crippen LogP contribution in [0.2, 0.25) is 0 Å². The predicted molar refractivity (Wildman–Crippen MR) is 76.8 cm³/mol. The van der Waals surface area contributed by atoms with E-state index in [4.69, 9.17) is 5.11 Å². The molecule has 2 N–H and O–H groups in total. The first-order valence-corrected chi connectivity index (χ1v) is 7.50. The van der Waals surface area contributed by atoms with E-state index in [1.54, 1.807) is 0 Å². The number of nitro groups is 1. The molecule has 0 saturated heterocycles. The minimum Gasteiger partial charge on any atom is -0.872 e. The van der Waals surface area contributed by atoms with Gasteiger partial charge in [0, 0.05) is 17.8 Å². The molecular weight excluding hydrogens is 328 g/mol. The summed E-state index contributed by atoms with van der Waals surface area (Å²) in [4.78, 5) is 20.3. The smallest absolute Gasteiger partial charge is 0.335 e. The first kappa shape index (κ1) is 16.2. The van der Waals surface area contributed by atoms with Gasteiger partial charge in [0.1, 0.15) is 0 Å². The Labute approximate surface area is 130 Å². The molecule has 2 aromatic carbocycles. The number of carboxylic acid groups (broad SMARTS) is 1. The zero-order valence-corrected chi connectivity index (χ0v) is 12.1. The molecule has 2 rings (SSSR count). The SMILES string of the molecule is O=C(O)c1ccc(NS(=O)(=O)c2cccc([N+](=O)[O-])c2)cc1[O-]. The summed E-state index contributed by atoms with van der Waals surface area (Å²) in [5.41, 5.74) is -1.05. The number of hydrogen-bond acceptors (Lipinski definition) is 6. The van der Waals surface area contributed by atoms with Crippen LogP contribution in [0.3, 0.4) is 0 Å². The van der Waals surface area contributed by atoms with Crippen LogP contribution >= 0.6 is 0 Å². The fourth-order valence-corrected chi connectivity index (χ4v) is 2.83. The highest BCUT2D eigenvalue weighted by Gasteiger charge is 2.18. The van der Waals surface area contributed by atoms with E-state index in [1.165, 1.54) is 6.07 Å². The summed E-state index contributed by atoms with van der Waals surface area (Å²) in [6.07, 6.45) is 0. The summed E-state index contributed by atoms with van der Waals surface area (Å²) in [5.74, 6) is -2.29. The van der Waals surface area contributed by atoms with Crippen molar-refractivity contribution >= 4 is 27.4 Å². The second kappa shape index (κ2) is 5.93. The van der Waals surface area contributed by atoms with Crippen molar-refractivity contribution in [3.8, 4) is 5.75 Å². The van der Waals surface area contributed by atoms with Crippen LogP contribution in [0.1, 0.15) is 10.4 Å². The zero-order chi connectivity index (χ0) is 17.2. The number of non-ortho nitro benzene ring substituents is 1. The third-order valence-electron chi connectivity index (χ3n) is 2.80. The number of nitrogens with zero attached hydrogens (tertiary/aromatic N) is 1. The molecule has 0 radical (unpaired) electrons. The average Bonchev–Trinajstić information content (AvgIpc) is 2.46. The number of benzene rings is 2. The fourth-order valence-electron chi connectivity index (χ4n) is 1.74. The Morgan fingerprint density at radius 1 is 1.17 bits per heavy atom. The van der Waals surface area contributed by atoms with Crippen molar-refractivity contribution in [2.45, 2.75) is 4.90 Å². The summed E-state index contributed by atoms with van der Waals surface area (Å²) >= 11 is 0. The molecule has 0 aliphatic rings. The molecule has 120 valence electrons. The van der Waals surface area contributed by atoms with Crippen LogP contribution in [0.4, 0.5) is 11.4 Å². The number of rotatable bonds is 5. The van der Waals surface area contributed by atoms with E-state index >= 15 is 0 Å². The lowest BCUT2D eigenvalue weighted by Crippen LogP contribution is -2.14. The van der Waals surface area contributed by atoms with Crippen molar-refractivity contribution in [3.63, 3.8) is 0 Å². The van der Waals surface area contributed by atoms with Crippen molar-refractivity contribution < 1.29 is 28.3 Å². The number of anilines is 1. The van der Waals surface area contributed by atoms with Crippen molar-refractivity contribution in [1.82, 2.24) is 0 Å². The first-order valence-electron chi connectivity index (χ1n) is 6.02. The van der Waals surface area contributed by atoms with Gasteiger partial charge in [0.05, 0.1) is 15.4 Å². The molecule has 0 atom stereocenters. The zero-order valence-electron chi connectivity index (χ0n) is 11.3. The molecule has 0 heterocycles.